The average Bonchev–Trinajstić information content (AvgIpc) is 2.23. The fraction of sp³-hybridized carbons (Fsp3) is 0.462. The number of ether oxygens (including phenoxy) is 1. The number of cyclic esters (lactones) is 1. The second-order valence-electron chi connectivity index (χ2n) is 5.05. The second kappa shape index (κ2) is 3.81. The van der Waals surface area contributed by atoms with Gasteiger partial charge in [-0.05, 0) is 12.5 Å². The third-order valence-electron chi connectivity index (χ3n) is 3.03. The van der Waals surface area contributed by atoms with Crippen molar-refractivity contribution in [2.24, 2.45) is 5.41 Å². The van der Waals surface area contributed by atoms with Crippen LogP contribution >= 0.6 is 0 Å². The lowest BCUT2D eigenvalue weighted by molar-refractivity contribution is 0.0387. The maximum Gasteiger partial charge on any atom is 0.407 e. The van der Waals surface area contributed by atoms with Gasteiger partial charge in [0.05, 0.1) is 6.04 Å². The molecule has 3 nitrogen and oxygen atoms in total. The lowest BCUT2D eigenvalue weighted by atomic mass is 9.80. The number of nitrogens with one attached hydrogen (secondary N) is 1. The fourth-order valence-electron chi connectivity index (χ4n) is 1.98. The number of aryl methyl sites for hydroxylation is 1. The first-order valence-corrected chi connectivity index (χ1v) is 5.49. The van der Waals surface area contributed by atoms with E-state index in [4.69, 9.17) is 4.74 Å². The lowest BCUT2D eigenvalue weighted by Crippen LogP contribution is -2.46. The minimum atomic E-state index is -0.329. The van der Waals surface area contributed by atoms with Crippen molar-refractivity contribution in [3.8, 4) is 0 Å². The second-order valence-corrected chi connectivity index (χ2v) is 5.05. The molecule has 0 aliphatic carbocycles. The summed E-state index contributed by atoms with van der Waals surface area (Å²) in [5.41, 5.74) is 2.27. The lowest BCUT2D eigenvalue weighted by Gasteiger charge is -2.38. The molecule has 16 heavy (non-hydrogen) atoms. The van der Waals surface area contributed by atoms with Crippen LogP contribution in [0.25, 0.3) is 0 Å². The Kier molecular flexibility index (Phi) is 2.62. The topological polar surface area (TPSA) is 38.3 Å². The number of carbonyl (C=O) groups is 1. The van der Waals surface area contributed by atoms with E-state index in [1.54, 1.807) is 0 Å². The van der Waals surface area contributed by atoms with E-state index in [0.717, 1.165) is 5.56 Å². The first-order chi connectivity index (χ1) is 7.49. The molecule has 1 N–H and O–H groups in total. The Bertz CT molecular complexity index is 395. The van der Waals surface area contributed by atoms with Gasteiger partial charge in [0.1, 0.15) is 6.61 Å². The van der Waals surface area contributed by atoms with Crippen LogP contribution in [0.2, 0.25) is 0 Å². The first-order valence-electron chi connectivity index (χ1n) is 5.49. The number of benzene rings is 1. The van der Waals surface area contributed by atoms with E-state index < -0.39 is 0 Å². The normalized spacial score (nSPS) is 23.4. The Balaban J connectivity index is 2.30. The molecule has 1 fully saturated rings. The van der Waals surface area contributed by atoms with Crippen LogP contribution in [0.5, 0.6) is 0 Å². The summed E-state index contributed by atoms with van der Waals surface area (Å²) in [5, 5.41) is 2.88. The summed E-state index contributed by atoms with van der Waals surface area (Å²) in [6, 6.07) is 8.27. The van der Waals surface area contributed by atoms with Gasteiger partial charge < -0.3 is 10.1 Å². The van der Waals surface area contributed by atoms with Gasteiger partial charge in [0.2, 0.25) is 0 Å². The number of rotatable bonds is 1. The number of hydrogen-bond donors (Lipinski definition) is 1. The molecule has 1 amide bonds. The van der Waals surface area contributed by atoms with Crippen LogP contribution in [0, 0.1) is 12.3 Å². The molecule has 1 heterocycles. The Morgan fingerprint density at radius 3 is 2.56 bits per heavy atom. The molecule has 86 valence electrons. The summed E-state index contributed by atoms with van der Waals surface area (Å²) in [5.74, 6) is 0. The van der Waals surface area contributed by atoms with Gasteiger partial charge in [-0.25, -0.2) is 4.79 Å². The maximum atomic E-state index is 11.3. The van der Waals surface area contributed by atoms with Gasteiger partial charge in [0.25, 0.3) is 0 Å². The van der Waals surface area contributed by atoms with Gasteiger partial charge in [-0.2, -0.15) is 0 Å². The summed E-state index contributed by atoms with van der Waals surface area (Å²) in [4.78, 5) is 11.3. The summed E-state index contributed by atoms with van der Waals surface area (Å²) in [7, 11) is 0. The van der Waals surface area contributed by atoms with E-state index in [-0.39, 0.29) is 17.6 Å². The number of alkyl carbamates (subject to hydrolysis) is 1. The predicted octanol–water partition coefficient (Wildman–Crippen LogP) is 2.80. The highest BCUT2D eigenvalue weighted by molar-refractivity contribution is 5.69. The standard InChI is InChI=1S/C13H17NO2/c1-9-4-6-10(7-5-9)11-13(2,3)8-16-12(15)14-11/h4-7,11H,8H2,1-3H3,(H,14,15)/t11-/m1/s1. The molecule has 1 atom stereocenters. The van der Waals surface area contributed by atoms with Crippen molar-refractivity contribution in [3.05, 3.63) is 35.4 Å². The summed E-state index contributed by atoms with van der Waals surface area (Å²) < 4.78 is 5.02. The van der Waals surface area contributed by atoms with Gasteiger partial charge >= 0.3 is 6.09 Å². The van der Waals surface area contributed by atoms with Crippen molar-refractivity contribution in [2.75, 3.05) is 6.61 Å². The van der Waals surface area contributed by atoms with E-state index >= 15 is 0 Å². The molecule has 0 aromatic heterocycles. The quantitative estimate of drug-likeness (QED) is 0.788. The highest BCUT2D eigenvalue weighted by Crippen LogP contribution is 2.36. The minimum Gasteiger partial charge on any atom is -0.449 e. The Labute approximate surface area is 95.8 Å². The average molecular weight is 219 g/mol. The molecular weight excluding hydrogens is 202 g/mol. The SMILES string of the molecule is Cc1ccc([C@H]2NC(=O)OCC2(C)C)cc1. The minimum absolute atomic E-state index is 0.0225. The zero-order chi connectivity index (χ0) is 11.8. The molecule has 1 aromatic carbocycles. The molecule has 1 saturated heterocycles. The van der Waals surface area contributed by atoms with Gasteiger partial charge in [-0.1, -0.05) is 43.7 Å². The van der Waals surface area contributed by atoms with Crippen molar-refractivity contribution in [1.29, 1.82) is 0 Å². The van der Waals surface area contributed by atoms with Crippen molar-refractivity contribution in [1.82, 2.24) is 5.32 Å². The van der Waals surface area contributed by atoms with Crippen LogP contribution in [0.1, 0.15) is 31.0 Å². The van der Waals surface area contributed by atoms with Gasteiger partial charge in [-0.15, -0.1) is 0 Å². The van der Waals surface area contributed by atoms with Crippen molar-refractivity contribution >= 4 is 6.09 Å². The zero-order valence-electron chi connectivity index (χ0n) is 9.91. The molecule has 0 radical (unpaired) electrons. The highest BCUT2D eigenvalue weighted by Gasteiger charge is 2.37. The van der Waals surface area contributed by atoms with E-state index in [1.807, 2.05) is 0 Å². The molecule has 0 unspecified atom stereocenters. The van der Waals surface area contributed by atoms with Crippen LogP contribution in [0.3, 0.4) is 0 Å². The molecule has 0 spiro atoms. The van der Waals surface area contributed by atoms with Crippen LogP contribution in [-0.2, 0) is 4.74 Å². The summed E-state index contributed by atoms with van der Waals surface area (Å²) in [6.45, 7) is 6.70. The van der Waals surface area contributed by atoms with Crippen LogP contribution in [-0.4, -0.2) is 12.7 Å². The molecule has 1 aromatic rings. The number of carbonyl (C=O) groups excluding carboxylic acids is 1. The smallest absolute Gasteiger partial charge is 0.407 e. The van der Waals surface area contributed by atoms with Crippen molar-refractivity contribution < 1.29 is 9.53 Å². The first kappa shape index (κ1) is 11.0. The molecule has 2 rings (SSSR count). The Morgan fingerprint density at radius 1 is 1.31 bits per heavy atom. The van der Waals surface area contributed by atoms with Crippen LogP contribution < -0.4 is 5.32 Å². The monoisotopic (exact) mass is 219 g/mol. The van der Waals surface area contributed by atoms with Crippen LogP contribution in [0.15, 0.2) is 24.3 Å². The van der Waals surface area contributed by atoms with E-state index in [0.29, 0.717) is 6.61 Å². The van der Waals surface area contributed by atoms with Gasteiger partial charge in [0, 0.05) is 5.41 Å². The molecule has 3 heteroatoms. The maximum absolute atomic E-state index is 11.3. The third-order valence-corrected chi connectivity index (χ3v) is 3.03. The highest BCUT2D eigenvalue weighted by atomic mass is 16.6. The molecule has 0 bridgehead atoms. The molecular formula is C13H17NO2. The van der Waals surface area contributed by atoms with Gasteiger partial charge in [0.15, 0.2) is 0 Å². The molecule has 1 aliphatic heterocycles. The molecule has 0 saturated carbocycles. The predicted molar refractivity (Wildman–Crippen MR) is 62.2 cm³/mol. The zero-order valence-corrected chi connectivity index (χ0v) is 9.91. The van der Waals surface area contributed by atoms with E-state index in [1.165, 1.54) is 5.56 Å². The van der Waals surface area contributed by atoms with Crippen molar-refractivity contribution in [3.63, 3.8) is 0 Å². The van der Waals surface area contributed by atoms with E-state index in [9.17, 15) is 4.79 Å². The third kappa shape index (κ3) is 2.03. The Hall–Kier alpha value is -1.51. The fourth-order valence-corrected chi connectivity index (χ4v) is 1.98. The number of hydrogen-bond acceptors (Lipinski definition) is 2. The van der Waals surface area contributed by atoms with Crippen molar-refractivity contribution in [2.45, 2.75) is 26.8 Å². The van der Waals surface area contributed by atoms with Gasteiger partial charge in [-0.3, -0.25) is 0 Å². The molecule has 1 aliphatic rings. The number of amides is 1. The largest absolute Gasteiger partial charge is 0.449 e. The Morgan fingerprint density at radius 2 is 1.94 bits per heavy atom. The summed E-state index contributed by atoms with van der Waals surface area (Å²) in [6.07, 6.45) is -0.329. The van der Waals surface area contributed by atoms with Crippen LogP contribution in [0.4, 0.5) is 4.79 Å². The summed E-state index contributed by atoms with van der Waals surface area (Å²) >= 11 is 0. The van der Waals surface area contributed by atoms with E-state index in [2.05, 4.69) is 50.4 Å².